The van der Waals surface area contributed by atoms with Crippen LogP contribution in [-0.2, 0) is 5.41 Å². The van der Waals surface area contributed by atoms with Crippen LogP contribution >= 0.6 is 0 Å². The summed E-state index contributed by atoms with van der Waals surface area (Å²) >= 11 is 0. The van der Waals surface area contributed by atoms with Crippen LogP contribution in [0.4, 0.5) is 0 Å². The molecule has 0 nitrogen and oxygen atoms in total. The SMILES string of the molecule is CC.CC.CC1(C)c2cc3cc4ccccc4cc3cc2-c2c1ccc1ccc3ccccc3c21.CCC. The van der Waals surface area contributed by atoms with Gasteiger partial charge in [0.25, 0.3) is 0 Å². The number of hydrogen-bond acceptors (Lipinski definition) is 0. The summed E-state index contributed by atoms with van der Waals surface area (Å²) in [7, 11) is 0. The van der Waals surface area contributed by atoms with E-state index in [9.17, 15) is 0 Å². The lowest BCUT2D eigenvalue weighted by atomic mass is 9.81. The van der Waals surface area contributed by atoms with Gasteiger partial charge in [0.2, 0.25) is 0 Å². The summed E-state index contributed by atoms with van der Waals surface area (Å²) in [5.41, 5.74) is 5.67. The predicted molar refractivity (Wildman–Crippen MR) is 173 cm³/mol. The molecule has 38 heavy (non-hydrogen) atoms. The zero-order chi connectivity index (χ0) is 27.4. The molecule has 0 aromatic heterocycles. The lowest BCUT2D eigenvalue weighted by Crippen LogP contribution is -2.14. The minimum atomic E-state index is -0.0182. The van der Waals surface area contributed by atoms with Crippen molar-refractivity contribution in [1.29, 1.82) is 0 Å². The molecule has 0 atom stereocenters. The molecule has 0 radical (unpaired) electrons. The van der Waals surface area contributed by atoms with E-state index in [0.717, 1.165) is 0 Å². The van der Waals surface area contributed by atoms with Gasteiger partial charge in [0.15, 0.2) is 0 Å². The third-order valence-electron chi connectivity index (χ3n) is 7.37. The molecule has 1 aliphatic carbocycles. The van der Waals surface area contributed by atoms with Crippen LogP contribution in [0.1, 0.15) is 72.9 Å². The zero-order valence-corrected chi connectivity index (χ0v) is 24.4. The molecule has 0 fully saturated rings. The molecular weight excluding hydrogens is 456 g/mol. The Labute approximate surface area is 229 Å². The van der Waals surface area contributed by atoms with Crippen LogP contribution in [0.2, 0.25) is 0 Å². The van der Waals surface area contributed by atoms with Crippen molar-refractivity contribution in [3.63, 3.8) is 0 Å². The van der Waals surface area contributed by atoms with Crippen LogP contribution in [0.5, 0.6) is 0 Å². The van der Waals surface area contributed by atoms with E-state index in [-0.39, 0.29) is 5.41 Å². The normalized spacial score (nSPS) is 12.5. The van der Waals surface area contributed by atoms with E-state index in [1.54, 1.807) is 0 Å². The number of hydrogen-bond donors (Lipinski definition) is 0. The Kier molecular flexibility index (Phi) is 8.22. The fourth-order valence-corrected chi connectivity index (χ4v) is 5.76. The average molecular weight is 499 g/mol. The lowest BCUT2D eigenvalue weighted by molar-refractivity contribution is 0.661. The molecule has 0 heterocycles. The van der Waals surface area contributed by atoms with E-state index in [2.05, 4.69) is 125 Å². The summed E-state index contributed by atoms with van der Waals surface area (Å²) in [6.07, 6.45) is 1.25. The van der Waals surface area contributed by atoms with Gasteiger partial charge in [-0.3, -0.25) is 0 Å². The topological polar surface area (TPSA) is 0 Å². The lowest BCUT2D eigenvalue weighted by Gasteiger charge is -2.22. The summed E-state index contributed by atoms with van der Waals surface area (Å²) in [6.45, 7) is 17.0. The molecule has 0 heteroatoms. The first-order chi connectivity index (χ1) is 18.5. The van der Waals surface area contributed by atoms with Crippen LogP contribution in [0, 0.1) is 0 Å². The summed E-state index contributed by atoms with van der Waals surface area (Å²) in [5, 5.41) is 10.6. The van der Waals surface area contributed by atoms with Gasteiger partial charge in [0, 0.05) is 5.41 Å². The average Bonchev–Trinajstić information content (AvgIpc) is 3.18. The highest BCUT2D eigenvalue weighted by molar-refractivity contribution is 6.17. The van der Waals surface area contributed by atoms with Crippen molar-refractivity contribution in [2.75, 3.05) is 0 Å². The fourth-order valence-electron chi connectivity index (χ4n) is 5.76. The Morgan fingerprint density at radius 1 is 0.500 bits per heavy atom. The second-order valence-electron chi connectivity index (χ2n) is 10.1. The number of rotatable bonds is 0. The molecule has 1 aliphatic rings. The number of fused-ring (bicyclic) bond motifs is 9. The third kappa shape index (κ3) is 4.47. The first-order valence-electron chi connectivity index (χ1n) is 14.4. The van der Waals surface area contributed by atoms with Crippen molar-refractivity contribution in [2.45, 2.75) is 67.2 Å². The molecular formula is C38H42. The van der Waals surface area contributed by atoms with Gasteiger partial charge >= 0.3 is 0 Å². The van der Waals surface area contributed by atoms with Crippen LogP contribution in [-0.4, -0.2) is 0 Å². The smallest absolute Gasteiger partial charge is 0.0159 e. The molecule has 7 rings (SSSR count). The Morgan fingerprint density at radius 2 is 1.00 bits per heavy atom. The first kappa shape index (κ1) is 27.4. The van der Waals surface area contributed by atoms with Crippen molar-refractivity contribution >= 4 is 43.1 Å². The van der Waals surface area contributed by atoms with Gasteiger partial charge in [0.1, 0.15) is 0 Å². The second-order valence-corrected chi connectivity index (χ2v) is 10.1. The van der Waals surface area contributed by atoms with E-state index in [1.165, 1.54) is 71.8 Å². The van der Waals surface area contributed by atoms with Gasteiger partial charge in [-0.1, -0.05) is 135 Å². The molecule has 0 saturated carbocycles. The molecule has 0 unspecified atom stereocenters. The summed E-state index contributed by atoms with van der Waals surface area (Å²) in [6, 6.07) is 36.2. The van der Waals surface area contributed by atoms with E-state index >= 15 is 0 Å². The highest BCUT2D eigenvalue weighted by atomic mass is 14.4. The maximum Gasteiger partial charge on any atom is 0.0159 e. The maximum atomic E-state index is 2.44. The van der Waals surface area contributed by atoms with E-state index in [4.69, 9.17) is 0 Å². The fraction of sp³-hybridized carbons (Fsp3) is 0.263. The van der Waals surface area contributed by atoms with Gasteiger partial charge in [-0.25, -0.2) is 0 Å². The van der Waals surface area contributed by atoms with Crippen molar-refractivity contribution in [3.8, 4) is 11.1 Å². The number of benzene rings is 6. The second kappa shape index (κ2) is 11.4. The Bertz CT molecular complexity index is 1720. The highest BCUT2D eigenvalue weighted by Gasteiger charge is 2.37. The van der Waals surface area contributed by atoms with Crippen molar-refractivity contribution in [3.05, 3.63) is 108 Å². The van der Waals surface area contributed by atoms with Gasteiger partial charge in [-0.15, -0.1) is 0 Å². The van der Waals surface area contributed by atoms with Crippen molar-refractivity contribution < 1.29 is 0 Å². The molecule has 0 spiro atoms. The minimum Gasteiger partial charge on any atom is -0.0683 e. The standard InChI is InChI=1S/C31H22.C3H8.2C2H6/c1-31(2)27-14-13-20-12-11-19-7-5-6-10-25(19)29(20)30(27)26-17-23-15-21-8-3-4-9-22(21)16-24(23)18-28(26)31;1-3-2;2*1-2/h3-18H,1-2H3;3H2,1-2H3;2*1-2H3. The van der Waals surface area contributed by atoms with E-state index in [0.29, 0.717) is 0 Å². The van der Waals surface area contributed by atoms with Crippen LogP contribution in [0.25, 0.3) is 54.2 Å². The van der Waals surface area contributed by atoms with Gasteiger partial charge in [-0.05, 0) is 89.6 Å². The molecule has 6 aromatic carbocycles. The molecule has 0 N–H and O–H groups in total. The Balaban J connectivity index is 0.000000443. The quantitative estimate of drug-likeness (QED) is 0.144. The van der Waals surface area contributed by atoms with Crippen LogP contribution in [0.15, 0.2) is 97.1 Å². The molecule has 194 valence electrons. The van der Waals surface area contributed by atoms with Gasteiger partial charge < -0.3 is 0 Å². The minimum absolute atomic E-state index is 0.0182. The largest absolute Gasteiger partial charge is 0.0683 e. The van der Waals surface area contributed by atoms with Gasteiger partial charge in [-0.2, -0.15) is 0 Å². The summed E-state index contributed by atoms with van der Waals surface area (Å²) < 4.78 is 0. The maximum absolute atomic E-state index is 2.44. The van der Waals surface area contributed by atoms with Crippen LogP contribution < -0.4 is 0 Å². The van der Waals surface area contributed by atoms with Crippen LogP contribution in [0.3, 0.4) is 0 Å². The molecule has 0 bridgehead atoms. The molecule has 0 aliphatic heterocycles. The zero-order valence-electron chi connectivity index (χ0n) is 24.4. The Hall–Kier alpha value is -3.64. The predicted octanol–water partition coefficient (Wildman–Crippen LogP) is 12.1. The van der Waals surface area contributed by atoms with E-state index in [1.807, 2.05) is 27.7 Å². The third-order valence-corrected chi connectivity index (χ3v) is 7.37. The van der Waals surface area contributed by atoms with Gasteiger partial charge in [0.05, 0.1) is 0 Å². The molecule has 0 saturated heterocycles. The van der Waals surface area contributed by atoms with Crippen molar-refractivity contribution in [1.82, 2.24) is 0 Å². The monoisotopic (exact) mass is 498 g/mol. The Morgan fingerprint density at radius 3 is 1.63 bits per heavy atom. The van der Waals surface area contributed by atoms with E-state index < -0.39 is 0 Å². The highest BCUT2D eigenvalue weighted by Crippen LogP contribution is 2.53. The summed E-state index contributed by atoms with van der Waals surface area (Å²) in [4.78, 5) is 0. The molecule has 0 amide bonds. The summed E-state index contributed by atoms with van der Waals surface area (Å²) in [5.74, 6) is 0. The molecule has 6 aromatic rings. The van der Waals surface area contributed by atoms with Crippen molar-refractivity contribution in [2.24, 2.45) is 0 Å². The first-order valence-corrected chi connectivity index (χ1v) is 14.4.